The summed E-state index contributed by atoms with van der Waals surface area (Å²) in [6, 6.07) is 10.2. The molecule has 21 heavy (non-hydrogen) atoms. The summed E-state index contributed by atoms with van der Waals surface area (Å²) in [6.07, 6.45) is 3.14. The van der Waals surface area contributed by atoms with Gasteiger partial charge in [-0.1, -0.05) is 30.3 Å². The number of carbonyl (C=O) groups is 2. The molecule has 4 heteroatoms. The van der Waals surface area contributed by atoms with Gasteiger partial charge in [0.1, 0.15) is 5.78 Å². The van der Waals surface area contributed by atoms with Gasteiger partial charge in [-0.2, -0.15) is 0 Å². The van der Waals surface area contributed by atoms with Crippen LogP contribution >= 0.6 is 0 Å². The average Bonchev–Trinajstić information content (AvgIpc) is 2.51. The number of nitrogens with one attached hydrogen (secondary N) is 1. The van der Waals surface area contributed by atoms with Gasteiger partial charge in [0.2, 0.25) is 0 Å². The second-order valence-corrected chi connectivity index (χ2v) is 5.47. The first-order valence-electron chi connectivity index (χ1n) is 7.64. The Morgan fingerprint density at radius 3 is 2.52 bits per heavy atom. The number of ether oxygens (including phenoxy) is 1. The van der Waals surface area contributed by atoms with Crippen LogP contribution in [0.3, 0.4) is 0 Å². The Morgan fingerprint density at radius 2 is 1.90 bits per heavy atom. The lowest BCUT2D eigenvalue weighted by Crippen LogP contribution is -2.46. The van der Waals surface area contributed by atoms with Gasteiger partial charge in [-0.15, -0.1) is 0 Å². The fraction of sp³-hybridized carbons (Fsp3) is 0.529. The van der Waals surface area contributed by atoms with Crippen molar-refractivity contribution in [2.24, 2.45) is 0 Å². The fourth-order valence-electron chi connectivity index (χ4n) is 2.92. The maximum atomic E-state index is 11.5. The highest BCUT2D eigenvalue weighted by Crippen LogP contribution is 2.35. The molecule has 114 valence electrons. The van der Waals surface area contributed by atoms with Gasteiger partial charge in [-0.3, -0.25) is 9.59 Å². The molecule has 1 fully saturated rings. The van der Waals surface area contributed by atoms with Crippen molar-refractivity contribution in [2.75, 3.05) is 13.2 Å². The first kappa shape index (κ1) is 15.7. The smallest absolute Gasteiger partial charge is 0.307 e. The Balaban J connectivity index is 2.03. The molecule has 1 aliphatic rings. The molecule has 2 rings (SSSR count). The molecule has 0 heterocycles. The van der Waals surface area contributed by atoms with Crippen molar-refractivity contribution in [1.82, 2.24) is 5.32 Å². The van der Waals surface area contributed by atoms with E-state index in [9.17, 15) is 9.59 Å². The van der Waals surface area contributed by atoms with Crippen LogP contribution in [-0.4, -0.2) is 24.9 Å². The van der Waals surface area contributed by atoms with Crippen molar-refractivity contribution in [3.8, 4) is 0 Å². The van der Waals surface area contributed by atoms with E-state index in [0.29, 0.717) is 38.2 Å². The zero-order valence-corrected chi connectivity index (χ0v) is 12.6. The van der Waals surface area contributed by atoms with Gasteiger partial charge in [0.05, 0.1) is 13.0 Å². The number of rotatable bonds is 6. The lowest BCUT2D eigenvalue weighted by Gasteiger charge is -2.38. The number of hydrogen-bond donors (Lipinski definition) is 1. The van der Waals surface area contributed by atoms with E-state index in [-0.39, 0.29) is 11.5 Å². The highest BCUT2D eigenvalue weighted by Gasteiger charge is 2.35. The first-order chi connectivity index (χ1) is 10.2. The summed E-state index contributed by atoms with van der Waals surface area (Å²) >= 11 is 0. The molecule has 0 spiro atoms. The van der Waals surface area contributed by atoms with Gasteiger partial charge in [0.15, 0.2) is 0 Å². The molecule has 0 amide bonds. The molecular formula is C17H23NO3. The van der Waals surface area contributed by atoms with E-state index >= 15 is 0 Å². The quantitative estimate of drug-likeness (QED) is 0.818. The second-order valence-electron chi connectivity index (χ2n) is 5.47. The van der Waals surface area contributed by atoms with Gasteiger partial charge in [-0.25, -0.2) is 0 Å². The minimum absolute atomic E-state index is 0.180. The van der Waals surface area contributed by atoms with E-state index in [4.69, 9.17) is 4.74 Å². The fourth-order valence-corrected chi connectivity index (χ4v) is 2.92. The van der Waals surface area contributed by atoms with Gasteiger partial charge in [-0.05, 0) is 25.3 Å². The average molecular weight is 289 g/mol. The molecule has 4 nitrogen and oxygen atoms in total. The summed E-state index contributed by atoms with van der Waals surface area (Å²) in [7, 11) is 0. The van der Waals surface area contributed by atoms with Gasteiger partial charge in [0, 0.05) is 24.9 Å². The molecule has 0 aliphatic heterocycles. The topological polar surface area (TPSA) is 55.4 Å². The number of ketones is 1. The van der Waals surface area contributed by atoms with Crippen LogP contribution < -0.4 is 5.32 Å². The Kier molecular flexibility index (Phi) is 5.51. The van der Waals surface area contributed by atoms with Crippen LogP contribution in [0.15, 0.2) is 30.3 Å². The Hall–Kier alpha value is -1.68. The third kappa shape index (κ3) is 4.14. The van der Waals surface area contributed by atoms with Crippen molar-refractivity contribution >= 4 is 11.8 Å². The number of Topliss-reactive ketones (excluding diaryl/α,β-unsaturated/α-hetero) is 1. The molecule has 1 saturated carbocycles. The minimum atomic E-state index is -0.193. The summed E-state index contributed by atoms with van der Waals surface area (Å²) in [6.45, 7) is 2.79. The highest BCUT2D eigenvalue weighted by atomic mass is 16.5. The summed E-state index contributed by atoms with van der Waals surface area (Å²) in [5, 5.41) is 3.51. The second kappa shape index (κ2) is 7.36. The summed E-state index contributed by atoms with van der Waals surface area (Å²) < 4.78 is 4.95. The van der Waals surface area contributed by atoms with Gasteiger partial charge in [0.25, 0.3) is 0 Å². The molecule has 0 aromatic heterocycles. The van der Waals surface area contributed by atoms with Crippen LogP contribution in [0.5, 0.6) is 0 Å². The third-order valence-electron chi connectivity index (χ3n) is 4.09. The maximum absolute atomic E-state index is 11.5. The van der Waals surface area contributed by atoms with Gasteiger partial charge < -0.3 is 10.1 Å². The molecule has 1 aromatic carbocycles. The minimum Gasteiger partial charge on any atom is -0.466 e. The lowest BCUT2D eigenvalue weighted by molar-refractivity contribution is -0.143. The summed E-state index contributed by atoms with van der Waals surface area (Å²) in [5.74, 6) is 0.147. The Bertz CT molecular complexity index is 474. The maximum Gasteiger partial charge on any atom is 0.307 e. The molecule has 0 atom stereocenters. The number of esters is 1. The molecule has 1 N–H and O–H groups in total. The molecule has 0 radical (unpaired) electrons. The van der Waals surface area contributed by atoms with Crippen LogP contribution in [0, 0.1) is 0 Å². The molecule has 1 aromatic rings. The van der Waals surface area contributed by atoms with E-state index < -0.39 is 0 Å². The van der Waals surface area contributed by atoms with E-state index in [1.54, 1.807) is 0 Å². The number of carbonyl (C=O) groups excluding carboxylic acids is 2. The molecule has 0 saturated heterocycles. The van der Waals surface area contributed by atoms with Crippen LogP contribution in [0.25, 0.3) is 0 Å². The Morgan fingerprint density at radius 1 is 1.24 bits per heavy atom. The zero-order chi connectivity index (χ0) is 15.1. The van der Waals surface area contributed by atoms with Crippen molar-refractivity contribution < 1.29 is 14.3 Å². The number of benzene rings is 1. The lowest BCUT2D eigenvalue weighted by atomic mass is 9.76. The zero-order valence-electron chi connectivity index (χ0n) is 12.6. The molecule has 0 unspecified atom stereocenters. The van der Waals surface area contributed by atoms with Crippen molar-refractivity contribution in [2.45, 2.75) is 44.6 Å². The third-order valence-corrected chi connectivity index (χ3v) is 4.09. The van der Waals surface area contributed by atoms with Crippen LogP contribution in [0.2, 0.25) is 0 Å². The van der Waals surface area contributed by atoms with Crippen LogP contribution in [-0.2, 0) is 19.9 Å². The molecule has 0 bridgehead atoms. The van der Waals surface area contributed by atoms with Crippen molar-refractivity contribution in [3.05, 3.63) is 35.9 Å². The Labute approximate surface area is 125 Å². The predicted octanol–water partition coefficient (Wildman–Crippen LogP) is 2.57. The van der Waals surface area contributed by atoms with E-state index in [2.05, 4.69) is 17.4 Å². The monoisotopic (exact) mass is 289 g/mol. The van der Waals surface area contributed by atoms with Crippen LogP contribution in [0.4, 0.5) is 0 Å². The first-order valence-corrected chi connectivity index (χ1v) is 7.64. The highest BCUT2D eigenvalue weighted by molar-refractivity contribution is 5.79. The normalized spacial score (nSPS) is 17.5. The standard InChI is InChI=1S/C17H23NO3/c1-2-21-16(20)10-13-18-17(11-8-15(19)9-12-17)14-6-4-3-5-7-14/h3-7,18H,2,8-13H2,1H3. The number of hydrogen-bond acceptors (Lipinski definition) is 4. The van der Waals surface area contributed by atoms with E-state index in [1.807, 2.05) is 25.1 Å². The van der Waals surface area contributed by atoms with Gasteiger partial charge >= 0.3 is 5.97 Å². The SMILES string of the molecule is CCOC(=O)CCNC1(c2ccccc2)CCC(=O)CC1. The molecular weight excluding hydrogens is 266 g/mol. The summed E-state index contributed by atoms with van der Waals surface area (Å²) in [4.78, 5) is 23.0. The summed E-state index contributed by atoms with van der Waals surface area (Å²) in [5.41, 5.74) is 1.00. The van der Waals surface area contributed by atoms with Crippen molar-refractivity contribution in [3.63, 3.8) is 0 Å². The predicted molar refractivity (Wildman–Crippen MR) is 80.8 cm³/mol. The van der Waals surface area contributed by atoms with E-state index in [1.165, 1.54) is 5.56 Å². The largest absolute Gasteiger partial charge is 0.466 e. The van der Waals surface area contributed by atoms with Crippen LogP contribution in [0.1, 0.15) is 44.6 Å². The van der Waals surface area contributed by atoms with Crippen molar-refractivity contribution in [1.29, 1.82) is 0 Å². The molecule has 1 aliphatic carbocycles. The van der Waals surface area contributed by atoms with E-state index in [0.717, 1.165) is 12.8 Å².